The topological polar surface area (TPSA) is 176 Å². The number of nitrogens with one attached hydrogen (secondary N) is 1. The molecular weight excluding hydrogens is 526 g/mol. The average Bonchev–Trinajstić information content (AvgIpc) is 3.44. The maximum Gasteiger partial charge on any atom is 0.295 e. The predicted octanol–water partition coefficient (Wildman–Crippen LogP) is 1.28. The molecule has 0 saturated carbocycles. The summed E-state index contributed by atoms with van der Waals surface area (Å²) < 4.78 is 5.51. The monoisotopic (exact) mass is 555 g/mol. The molecule has 2 aromatic carbocycles. The largest absolute Gasteiger partial charge is 0.496 e. The zero-order valence-electron chi connectivity index (χ0n) is 22.4. The molecule has 0 bridgehead atoms. The number of amidine groups is 1. The number of aromatic nitrogens is 2. The summed E-state index contributed by atoms with van der Waals surface area (Å²) in [6.45, 7) is 4.99. The number of amides is 2. The number of carbonyl (C=O) groups excluding carboxylic acids is 3. The first kappa shape index (κ1) is 27.3. The van der Waals surface area contributed by atoms with Gasteiger partial charge in [0.1, 0.15) is 18.1 Å². The number of hydrazine groups is 1. The minimum absolute atomic E-state index is 0.0757. The van der Waals surface area contributed by atoms with Crippen LogP contribution in [0.5, 0.6) is 5.75 Å². The maximum absolute atomic E-state index is 13.5. The quantitative estimate of drug-likeness (QED) is 0.0727. The number of hydrogen-bond donors (Lipinski definition) is 3. The van der Waals surface area contributed by atoms with Crippen LogP contribution in [0.3, 0.4) is 0 Å². The van der Waals surface area contributed by atoms with E-state index in [1.165, 1.54) is 13.3 Å². The van der Waals surface area contributed by atoms with Crippen LogP contribution in [0.15, 0.2) is 65.0 Å². The van der Waals surface area contributed by atoms with Crippen LogP contribution in [0, 0.1) is 0 Å². The third-order valence-corrected chi connectivity index (χ3v) is 6.91. The van der Waals surface area contributed by atoms with E-state index in [2.05, 4.69) is 31.7 Å². The van der Waals surface area contributed by atoms with Crippen LogP contribution in [0.4, 0.5) is 5.82 Å². The molecule has 0 radical (unpaired) electrons. The number of hydrogen-bond acceptors (Lipinski definition) is 9. The van der Waals surface area contributed by atoms with Crippen molar-refractivity contribution in [3.8, 4) is 5.75 Å². The lowest BCUT2D eigenvalue weighted by molar-refractivity contribution is -0.126. The molecule has 5 rings (SSSR count). The Morgan fingerprint density at radius 3 is 2.56 bits per heavy atom. The lowest BCUT2D eigenvalue weighted by Gasteiger charge is -2.35. The van der Waals surface area contributed by atoms with Crippen molar-refractivity contribution >= 4 is 57.6 Å². The molecule has 2 amide bonds. The summed E-state index contributed by atoms with van der Waals surface area (Å²) in [6, 6.07) is 13.3. The van der Waals surface area contributed by atoms with E-state index in [1.54, 1.807) is 23.2 Å². The summed E-state index contributed by atoms with van der Waals surface area (Å²) in [5.74, 6) is 5.08. The maximum atomic E-state index is 13.5. The molecule has 0 unspecified atom stereocenters. The smallest absolute Gasteiger partial charge is 0.295 e. The number of nitrogens with zero attached hydrogens (tertiary/aromatic N) is 6. The zero-order valence-corrected chi connectivity index (χ0v) is 22.4. The van der Waals surface area contributed by atoms with Gasteiger partial charge in [-0.15, -0.1) is 5.10 Å². The lowest BCUT2D eigenvalue weighted by Crippen LogP contribution is -2.50. The summed E-state index contributed by atoms with van der Waals surface area (Å²) in [7, 11) is 1.47. The first-order valence-corrected chi connectivity index (χ1v) is 12.8. The highest BCUT2D eigenvalue weighted by Crippen LogP contribution is 2.33. The number of aliphatic imine (C=N–C) groups is 1. The molecule has 2 aromatic heterocycles. The number of ketones is 1. The van der Waals surface area contributed by atoms with Crippen molar-refractivity contribution in [3.63, 3.8) is 0 Å². The van der Waals surface area contributed by atoms with Gasteiger partial charge in [0, 0.05) is 49.5 Å². The molecule has 41 heavy (non-hydrogen) atoms. The minimum Gasteiger partial charge on any atom is -0.496 e. The van der Waals surface area contributed by atoms with E-state index in [-0.39, 0.29) is 17.9 Å². The van der Waals surface area contributed by atoms with Gasteiger partial charge in [0.2, 0.25) is 5.91 Å². The molecule has 13 heteroatoms. The number of methoxy groups -OCH3 is 1. The Kier molecular flexibility index (Phi) is 7.61. The highest BCUT2D eigenvalue weighted by atomic mass is 16.5. The van der Waals surface area contributed by atoms with Crippen LogP contribution in [0.1, 0.15) is 15.9 Å². The average molecular weight is 556 g/mol. The van der Waals surface area contributed by atoms with Gasteiger partial charge in [0.25, 0.3) is 11.7 Å². The molecule has 1 aliphatic rings. The van der Waals surface area contributed by atoms with Gasteiger partial charge in [0.05, 0.1) is 23.6 Å². The molecule has 0 aliphatic carbocycles. The normalized spacial score (nSPS) is 13.9. The van der Waals surface area contributed by atoms with E-state index in [4.69, 9.17) is 16.3 Å². The number of benzene rings is 2. The van der Waals surface area contributed by atoms with Crippen LogP contribution >= 0.6 is 0 Å². The first-order chi connectivity index (χ1) is 19.8. The number of aromatic amines is 1. The SMILES string of the molecule is C=N/C(=N\N(N)CC(N)=O)c1ccc(OC)c2c(C(=O)C(=O)N3CCN(c4nccc5ccccc45)CC3)c[nH]c12. The van der Waals surface area contributed by atoms with Crippen LogP contribution in [-0.2, 0) is 9.59 Å². The Morgan fingerprint density at radius 1 is 1.10 bits per heavy atom. The van der Waals surface area contributed by atoms with E-state index in [1.807, 2.05) is 30.3 Å². The number of Topliss-reactive ketones (excluding diaryl/α,β-unsaturated/α-hetero) is 1. The lowest BCUT2D eigenvalue weighted by atomic mass is 10.0. The number of fused-ring (bicyclic) bond motifs is 2. The van der Waals surface area contributed by atoms with E-state index in [0.29, 0.717) is 48.4 Å². The predicted molar refractivity (Wildman–Crippen MR) is 156 cm³/mol. The van der Waals surface area contributed by atoms with Gasteiger partial charge in [-0.25, -0.2) is 20.9 Å². The third kappa shape index (κ3) is 5.30. The van der Waals surface area contributed by atoms with Crippen LogP contribution < -0.4 is 21.2 Å². The second-order valence-electron chi connectivity index (χ2n) is 9.38. The molecular formula is C28H29N9O4. The van der Waals surface area contributed by atoms with E-state index >= 15 is 0 Å². The van der Waals surface area contributed by atoms with Gasteiger partial charge in [-0.2, -0.15) is 0 Å². The van der Waals surface area contributed by atoms with Gasteiger partial charge in [-0.05, 0) is 30.3 Å². The van der Waals surface area contributed by atoms with Gasteiger partial charge >= 0.3 is 0 Å². The number of rotatable bonds is 8. The summed E-state index contributed by atoms with van der Waals surface area (Å²) in [5, 5.41) is 7.45. The molecule has 1 saturated heterocycles. The van der Waals surface area contributed by atoms with Crippen molar-refractivity contribution in [1.29, 1.82) is 0 Å². The number of carbonyl (C=O) groups is 3. The number of pyridine rings is 1. The van der Waals surface area contributed by atoms with Crippen molar-refractivity contribution in [3.05, 3.63) is 66.0 Å². The minimum atomic E-state index is -0.681. The number of ether oxygens (including phenoxy) is 1. The number of hydrazone groups is 1. The van der Waals surface area contributed by atoms with Gasteiger partial charge in [0.15, 0.2) is 5.84 Å². The Bertz CT molecular complexity index is 1680. The molecule has 1 aliphatic heterocycles. The highest BCUT2D eigenvalue weighted by molar-refractivity contribution is 6.45. The molecule has 4 aromatic rings. The second kappa shape index (κ2) is 11.4. The number of piperazine rings is 1. The molecule has 0 spiro atoms. The van der Waals surface area contributed by atoms with Gasteiger partial charge in [-0.3, -0.25) is 14.4 Å². The fraction of sp³-hybridized carbons (Fsp3) is 0.214. The molecule has 5 N–H and O–H groups in total. The molecule has 13 nitrogen and oxygen atoms in total. The molecule has 0 atom stereocenters. The van der Waals surface area contributed by atoms with Crippen molar-refractivity contribution in [2.24, 2.45) is 21.7 Å². The molecule has 1 fully saturated rings. The van der Waals surface area contributed by atoms with Crippen molar-refractivity contribution in [2.75, 3.05) is 44.7 Å². The fourth-order valence-corrected chi connectivity index (χ4v) is 4.98. The van der Waals surface area contributed by atoms with E-state index in [0.717, 1.165) is 21.7 Å². The van der Waals surface area contributed by atoms with Crippen molar-refractivity contribution < 1.29 is 19.1 Å². The number of H-pyrrole nitrogens is 1. The Hall–Kier alpha value is -5.30. The van der Waals surface area contributed by atoms with Crippen LogP contribution in [0.2, 0.25) is 0 Å². The van der Waals surface area contributed by atoms with Crippen LogP contribution in [0.25, 0.3) is 21.7 Å². The standard InChI is InChI=1S/C28H29N9O4/c1-31-26(34-37(30)16-22(29)38)19-7-8-21(41-2)23-20(15-33-24(19)23)25(39)28(40)36-13-11-35(12-14-36)27-18-6-4-3-5-17(18)9-10-32-27/h3-10,15,33H,1,11-14,16,30H2,2H3,(H2,29,38)/b34-26-. The summed E-state index contributed by atoms with van der Waals surface area (Å²) in [5.41, 5.74) is 6.20. The zero-order chi connectivity index (χ0) is 29.1. The Balaban J connectivity index is 1.39. The van der Waals surface area contributed by atoms with Gasteiger partial charge in [-0.1, -0.05) is 24.3 Å². The van der Waals surface area contributed by atoms with Crippen molar-refractivity contribution in [1.82, 2.24) is 20.0 Å². The molecule has 210 valence electrons. The van der Waals surface area contributed by atoms with E-state index < -0.39 is 17.6 Å². The Morgan fingerprint density at radius 2 is 1.85 bits per heavy atom. The first-order valence-electron chi connectivity index (χ1n) is 12.8. The number of nitrogens with two attached hydrogens (primary N) is 2. The summed E-state index contributed by atoms with van der Waals surface area (Å²) >= 11 is 0. The van der Waals surface area contributed by atoms with E-state index in [9.17, 15) is 14.4 Å². The third-order valence-electron chi connectivity index (χ3n) is 6.91. The van der Waals surface area contributed by atoms with Crippen molar-refractivity contribution in [2.45, 2.75) is 0 Å². The molecule has 3 heterocycles. The fourth-order valence-electron chi connectivity index (χ4n) is 4.98. The summed E-state index contributed by atoms with van der Waals surface area (Å²) in [4.78, 5) is 53.3. The van der Waals surface area contributed by atoms with Crippen LogP contribution in [-0.4, -0.2) is 90.0 Å². The highest BCUT2D eigenvalue weighted by Gasteiger charge is 2.30. The summed E-state index contributed by atoms with van der Waals surface area (Å²) in [6.07, 6.45) is 3.23. The van der Waals surface area contributed by atoms with Gasteiger partial charge < -0.3 is 25.3 Å². The number of anilines is 1. The second-order valence-corrected chi connectivity index (χ2v) is 9.38. The number of primary amides is 1. The Labute approximate surface area is 235 Å².